The quantitative estimate of drug-likeness (QED) is 0.872. The third-order valence-electron chi connectivity index (χ3n) is 4.82. The lowest BCUT2D eigenvalue weighted by molar-refractivity contribution is 0.151. The van der Waals surface area contributed by atoms with Gasteiger partial charge >= 0.3 is 6.03 Å². The number of hydrogen-bond acceptors (Lipinski definition) is 4. The minimum absolute atomic E-state index is 0.0199. The number of piperidine rings is 1. The summed E-state index contributed by atoms with van der Waals surface area (Å²) in [6, 6.07) is 9.64. The molecule has 6 nitrogen and oxygen atoms in total. The molecular formula is C19H23F2N5O. The zero-order valence-electron chi connectivity index (χ0n) is 15.2. The van der Waals surface area contributed by atoms with E-state index in [1.807, 2.05) is 12.1 Å². The van der Waals surface area contributed by atoms with Gasteiger partial charge in [-0.15, -0.1) is 5.10 Å². The van der Waals surface area contributed by atoms with E-state index in [2.05, 4.69) is 20.4 Å². The highest BCUT2D eigenvalue weighted by atomic mass is 19.3. The number of benzene rings is 1. The maximum atomic E-state index is 12.6. The van der Waals surface area contributed by atoms with E-state index in [1.165, 1.54) is 12.1 Å². The normalized spacial score (nSPS) is 17.0. The molecule has 0 radical (unpaired) electrons. The highest BCUT2D eigenvalue weighted by molar-refractivity contribution is 5.74. The van der Waals surface area contributed by atoms with E-state index >= 15 is 0 Å². The van der Waals surface area contributed by atoms with E-state index < -0.39 is 6.43 Å². The van der Waals surface area contributed by atoms with Crippen molar-refractivity contribution in [2.45, 2.75) is 31.9 Å². The summed E-state index contributed by atoms with van der Waals surface area (Å²) in [5.41, 5.74) is 0.763. The van der Waals surface area contributed by atoms with Gasteiger partial charge in [-0.2, -0.15) is 5.10 Å². The van der Waals surface area contributed by atoms with Gasteiger partial charge in [0.05, 0.1) is 6.04 Å². The van der Waals surface area contributed by atoms with Crippen LogP contribution in [-0.2, 0) is 6.54 Å². The van der Waals surface area contributed by atoms with Crippen molar-refractivity contribution in [2.75, 3.05) is 25.0 Å². The van der Waals surface area contributed by atoms with Crippen LogP contribution in [0.3, 0.4) is 0 Å². The first kappa shape index (κ1) is 19.0. The second kappa shape index (κ2) is 8.75. The molecule has 2 aromatic rings. The van der Waals surface area contributed by atoms with Crippen molar-refractivity contribution >= 4 is 11.8 Å². The molecule has 1 aromatic carbocycles. The summed E-state index contributed by atoms with van der Waals surface area (Å²) in [5, 5.41) is 10.9. The van der Waals surface area contributed by atoms with Gasteiger partial charge in [0.1, 0.15) is 0 Å². The number of rotatable bonds is 5. The Morgan fingerprint density at radius 1 is 1.33 bits per heavy atom. The van der Waals surface area contributed by atoms with Crippen LogP contribution in [0.15, 0.2) is 42.6 Å². The second-order valence-electron chi connectivity index (χ2n) is 6.64. The molecule has 1 aliphatic heterocycles. The summed E-state index contributed by atoms with van der Waals surface area (Å²) in [7, 11) is 1.78. The van der Waals surface area contributed by atoms with E-state index in [4.69, 9.17) is 0 Å². The SMILES string of the molecule is CN(C(=O)NCc1ccc(C(F)F)cc1)[C@@H]1CCCN(c2cccnn2)C1. The lowest BCUT2D eigenvalue weighted by Gasteiger charge is -2.37. The Morgan fingerprint density at radius 2 is 2.11 bits per heavy atom. The number of nitrogens with one attached hydrogen (secondary N) is 1. The van der Waals surface area contributed by atoms with Gasteiger partial charge in [-0.25, -0.2) is 13.6 Å². The second-order valence-corrected chi connectivity index (χ2v) is 6.64. The van der Waals surface area contributed by atoms with E-state index in [9.17, 15) is 13.6 Å². The zero-order valence-corrected chi connectivity index (χ0v) is 15.2. The first-order chi connectivity index (χ1) is 13.0. The third-order valence-corrected chi connectivity index (χ3v) is 4.82. The van der Waals surface area contributed by atoms with E-state index in [0.717, 1.165) is 30.8 Å². The molecule has 2 amide bonds. The van der Waals surface area contributed by atoms with Crippen LogP contribution < -0.4 is 10.2 Å². The van der Waals surface area contributed by atoms with Crippen molar-refractivity contribution in [1.82, 2.24) is 20.4 Å². The van der Waals surface area contributed by atoms with Gasteiger partial charge in [0.2, 0.25) is 0 Å². The molecule has 0 aliphatic carbocycles. The molecule has 0 unspecified atom stereocenters. The fraction of sp³-hybridized carbons (Fsp3) is 0.421. The topological polar surface area (TPSA) is 61.4 Å². The molecule has 1 fully saturated rings. The average molecular weight is 375 g/mol. The van der Waals surface area contributed by atoms with Gasteiger partial charge in [-0.1, -0.05) is 24.3 Å². The Labute approximate surface area is 157 Å². The van der Waals surface area contributed by atoms with Crippen molar-refractivity contribution in [1.29, 1.82) is 0 Å². The molecule has 144 valence electrons. The number of hydrogen-bond donors (Lipinski definition) is 1. The monoisotopic (exact) mass is 375 g/mol. The maximum Gasteiger partial charge on any atom is 0.317 e. The molecule has 0 spiro atoms. The van der Waals surface area contributed by atoms with Crippen LogP contribution in [0, 0.1) is 0 Å². The van der Waals surface area contributed by atoms with Gasteiger partial charge in [-0.05, 0) is 30.5 Å². The van der Waals surface area contributed by atoms with Gasteiger partial charge in [0.25, 0.3) is 6.43 Å². The summed E-state index contributed by atoms with van der Waals surface area (Å²) in [4.78, 5) is 16.3. The van der Waals surface area contributed by atoms with Crippen molar-refractivity contribution in [3.05, 3.63) is 53.7 Å². The number of nitrogens with zero attached hydrogens (tertiary/aromatic N) is 4. The number of anilines is 1. The Balaban J connectivity index is 1.53. The summed E-state index contributed by atoms with van der Waals surface area (Å²) < 4.78 is 25.2. The van der Waals surface area contributed by atoms with Crippen molar-refractivity contribution < 1.29 is 13.6 Å². The molecule has 1 atom stereocenters. The number of alkyl halides is 2. The van der Waals surface area contributed by atoms with Crippen LogP contribution in [0.5, 0.6) is 0 Å². The maximum absolute atomic E-state index is 12.6. The van der Waals surface area contributed by atoms with E-state index in [0.29, 0.717) is 13.1 Å². The fourth-order valence-corrected chi connectivity index (χ4v) is 3.19. The number of likely N-dealkylation sites (N-methyl/N-ethyl adjacent to an activating group) is 1. The van der Waals surface area contributed by atoms with Gasteiger partial charge in [-0.3, -0.25) is 0 Å². The molecule has 0 saturated carbocycles. The van der Waals surface area contributed by atoms with Gasteiger partial charge < -0.3 is 15.1 Å². The van der Waals surface area contributed by atoms with Crippen LogP contribution >= 0.6 is 0 Å². The zero-order chi connectivity index (χ0) is 19.2. The molecule has 1 N–H and O–H groups in total. The predicted octanol–water partition coefficient (Wildman–Crippen LogP) is 3.22. The largest absolute Gasteiger partial charge is 0.353 e. The molecule has 1 aliphatic rings. The number of halogens is 2. The molecule has 2 heterocycles. The van der Waals surface area contributed by atoms with E-state index in [-0.39, 0.29) is 17.6 Å². The Morgan fingerprint density at radius 3 is 2.78 bits per heavy atom. The number of aromatic nitrogens is 2. The lowest BCUT2D eigenvalue weighted by Crippen LogP contribution is -2.51. The number of carbonyl (C=O) groups excluding carboxylic acids is 1. The molecular weight excluding hydrogens is 352 g/mol. The fourth-order valence-electron chi connectivity index (χ4n) is 3.19. The Kier molecular flexibility index (Phi) is 6.16. The minimum atomic E-state index is -2.48. The van der Waals surface area contributed by atoms with Gasteiger partial charge in [0.15, 0.2) is 5.82 Å². The number of carbonyl (C=O) groups is 1. The molecule has 3 rings (SSSR count). The average Bonchev–Trinajstić information content (AvgIpc) is 2.72. The molecule has 1 saturated heterocycles. The minimum Gasteiger partial charge on any atom is -0.353 e. The first-order valence-electron chi connectivity index (χ1n) is 8.95. The standard InChI is InChI=1S/C19H23F2N5O/c1-25(16-4-3-11-26(13-16)17-5-2-10-23-24-17)19(27)22-12-14-6-8-15(9-7-14)18(20)21/h2,5-10,16,18H,3-4,11-13H2,1H3,(H,22,27)/t16-/m1/s1. The summed E-state index contributed by atoms with van der Waals surface area (Å²) in [5.74, 6) is 0.815. The molecule has 0 bridgehead atoms. The van der Waals surface area contributed by atoms with Crippen LogP contribution in [0.2, 0.25) is 0 Å². The van der Waals surface area contributed by atoms with E-state index in [1.54, 1.807) is 30.3 Å². The van der Waals surface area contributed by atoms with Crippen molar-refractivity contribution in [3.63, 3.8) is 0 Å². The number of urea groups is 1. The highest BCUT2D eigenvalue weighted by Gasteiger charge is 2.26. The molecule has 1 aromatic heterocycles. The van der Waals surface area contributed by atoms with Gasteiger partial charge in [0, 0.05) is 38.4 Å². The van der Waals surface area contributed by atoms with Crippen LogP contribution in [0.25, 0.3) is 0 Å². The molecule has 27 heavy (non-hydrogen) atoms. The Hall–Kier alpha value is -2.77. The lowest BCUT2D eigenvalue weighted by atomic mass is 10.0. The van der Waals surface area contributed by atoms with Crippen molar-refractivity contribution in [2.24, 2.45) is 0 Å². The van der Waals surface area contributed by atoms with Crippen LogP contribution in [0.4, 0.5) is 19.4 Å². The smallest absolute Gasteiger partial charge is 0.317 e. The number of amides is 2. The summed E-state index contributed by atoms with van der Waals surface area (Å²) in [6.45, 7) is 1.89. The Bertz CT molecular complexity index is 742. The van der Waals surface area contributed by atoms with Crippen molar-refractivity contribution in [3.8, 4) is 0 Å². The van der Waals surface area contributed by atoms with Crippen LogP contribution in [0.1, 0.15) is 30.4 Å². The first-order valence-corrected chi connectivity index (χ1v) is 8.95. The predicted molar refractivity (Wildman–Crippen MR) is 98.7 cm³/mol. The summed E-state index contributed by atoms with van der Waals surface area (Å²) in [6.07, 6.45) is 1.04. The summed E-state index contributed by atoms with van der Waals surface area (Å²) >= 11 is 0. The highest BCUT2D eigenvalue weighted by Crippen LogP contribution is 2.20. The molecule has 8 heteroatoms. The third kappa shape index (κ3) is 4.90. The van der Waals surface area contributed by atoms with Crippen LogP contribution in [-0.4, -0.2) is 47.3 Å².